The number of amides is 1. The number of rotatable bonds is 6. The molecule has 1 heterocycles. The van der Waals surface area contributed by atoms with Gasteiger partial charge in [0.1, 0.15) is 5.56 Å². The quantitative estimate of drug-likeness (QED) is 0.418. The van der Waals surface area contributed by atoms with E-state index in [1.807, 2.05) is 6.92 Å². The van der Waals surface area contributed by atoms with Crippen LogP contribution in [-0.4, -0.2) is 26.8 Å². The number of aromatic nitrogens is 2. The van der Waals surface area contributed by atoms with Gasteiger partial charge in [-0.15, -0.1) is 0 Å². The minimum Gasteiger partial charge on any atom is -0.494 e. The molecule has 0 aliphatic carbocycles. The number of hydrogen-bond acceptors (Lipinski definition) is 5. The average Bonchev–Trinajstić information content (AvgIpc) is 2.40. The van der Waals surface area contributed by atoms with Crippen molar-refractivity contribution in [3.05, 3.63) is 20.7 Å². The second kappa shape index (κ2) is 7.59. The third-order valence-electron chi connectivity index (χ3n) is 2.66. The topological polar surface area (TPSA) is 99.5 Å². The van der Waals surface area contributed by atoms with Crippen LogP contribution in [-0.2, 0) is 11.3 Å². The third kappa shape index (κ3) is 4.02. The Kier molecular flexibility index (Phi) is 6.10. The summed E-state index contributed by atoms with van der Waals surface area (Å²) in [4.78, 5) is 25.5. The molecular weight excluding hydrogens is 280 g/mol. The summed E-state index contributed by atoms with van der Waals surface area (Å²) in [6, 6.07) is 0. The Labute approximate surface area is 121 Å². The summed E-state index contributed by atoms with van der Waals surface area (Å²) < 4.78 is 1.50. The highest BCUT2D eigenvalue weighted by Crippen LogP contribution is 2.10. The minimum absolute atomic E-state index is 0.0451. The van der Waals surface area contributed by atoms with Gasteiger partial charge in [-0.05, 0) is 25.6 Å². The van der Waals surface area contributed by atoms with Gasteiger partial charge in [0.25, 0.3) is 5.56 Å². The first kappa shape index (κ1) is 16.1. The van der Waals surface area contributed by atoms with Crippen LogP contribution in [0.5, 0.6) is 5.88 Å². The fourth-order valence-corrected chi connectivity index (χ4v) is 1.86. The van der Waals surface area contributed by atoms with Crippen molar-refractivity contribution in [3.63, 3.8) is 0 Å². The van der Waals surface area contributed by atoms with Crippen molar-refractivity contribution < 1.29 is 9.90 Å². The van der Waals surface area contributed by atoms with Gasteiger partial charge in [0.15, 0.2) is 4.77 Å². The summed E-state index contributed by atoms with van der Waals surface area (Å²) in [5.41, 5.74) is 1.71. The van der Waals surface area contributed by atoms with Crippen LogP contribution in [0.25, 0.3) is 0 Å². The molecule has 0 spiro atoms. The fourth-order valence-electron chi connectivity index (χ4n) is 1.55. The number of nitrogens with one attached hydrogen (secondary N) is 2. The van der Waals surface area contributed by atoms with Crippen LogP contribution in [0.3, 0.4) is 0 Å². The molecule has 1 rings (SSSR count). The van der Waals surface area contributed by atoms with Crippen LogP contribution in [0.1, 0.15) is 38.7 Å². The number of aromatic hydroxyl groups is 1. The maximum atomic E-state index is 11.7. The molecular formula is C12H18N4O3S. The van der Waals surface area contributed by atoms with Crippen LogP contribution in [0, 0.1) is 4.77 Å². The fraction of sp³-hybridized carbons (Fsp3) is 0.500. The van der Waals surface area contributed by atoms with E-state index < -0.39 is 5.56 Å². The molecule has 1 aromatic heterocycles. The first-order valence-corrected chi connectivity index (χ1v) is 6.80. The summed E-state index contributed by atoms with van der Waals surface area (Å²) in [5, 5.41) is 13.6. The summed E-state index contributed by atoms with van der Waals surface area (Å²) in [6.45, 7) is 4.17. The zero-order valence-electron chi connectivity index (χ0n) is 11.5. The lowest BCUT2D eigenvalue weighted by Gasteiger charge is -2.07. The summed E-state index contributed by atoms with van der Waals surface area (Å²) in [6.07, 6.45) is 3.16. The Morgan fingerprint density at radius 1 is 1.55 bits per heavy atom. The minimum atomic E-state index is -0.552. The van der Waals surface area contributed by atoms with Crippen molar-refractivity contribution in [1.82, 2.24) is 15.0 Å². The van der Waals surface area contributed by atoms with Crippen molar-refractivity contribution in [2.24, 2.45) is 5.10 Å². The van der Waals surface area contributed by atoms with E-state index in [-0.39, 0.29) is 22.1 Å². The smallest absolute Gasteiger partial charge is 0.264 e. The predicted octanol–water partition coefficient (Wildman–Crippen LogP) is 1.27. The van der Waals surface area contributed by atoms with E-state index in [0.717, 1.165) is 19.1 Å². The van der Waals surface area contributed by atoms with Gasteiger partial charge in [0.05, 0.1) is 6.21 Å². The molecule has 0 fully saturated rings. The number of nitrogens with zero attached hydrogens (tertiary/aromatic N) is 2. The molecule has 0 atom stereocenters. The SMILES string of the molecule is CCCCC(=O)N/N=C\c1c(O)n(CC)c(=S)[nH]c1=O. The van der Waals surface area contributed by atoms with Gasteiger partial charge in [-0.1, -0.05) is 13.3 Å². The van der Waals surface area contributed by atoms with Crippen molar-refractivity contribution in [2.75, 3.05) is 0 Å². The van der Waals surface area contributed by atoms with Crippen LogP contribution in [0.4, 0.5) is 0 Å². The molecule has 0 bridgehead atoms. The van der Waals surface area contributed by atoms with Gasteiger partial charge in [-0.2, -0.15) is 5.10 Å². The van der Waals surface area contributed by atoms with Crippen molar-refractivity contribution in [1.29, 1.82) is 0 Å². The average molecular weight is 298 g/mol. The molecule has 0 aromatic carbocycles. The Balaban J connectivity index is 2.90. The lowest BCUT2D eigenvalue weighted by atomic mass is 10.2. The first-order valence-electron chi connectivity index (χ1n) is 6.39. The van der Waals surface area contributed by atoms with Gasteiger partial charge in [0.2, 0.25) is 11.8 Å². The number of carbonyl (C=O) groups excluding carboxylic acids is 1. The number of unbranched alkanes of at least 4 members (excludes halogenated alkanes) is 1. The summed E-state index contributed by atoms with van der Waals surface area (Å²) in [5.74, 6) is -0.505. The van der Waals surface area contributed by atoms with E-state index >= 15 is 0 Å². The normalized spacial score (nSPS) is 10.9. The number of aromatic amines is 1. The molecule has 1 aromatic rings. The molecule has 0 saturated heterocycles. The Hall–Kier alpha value is -1.96. The molecule has 0 radical (unpaired) electrons. The molecule has 8 heteroatoms. The van der Waals surface area contributed by atoms with Gasteiger partial charge < -0.3 is 5.11 Å². The Morgan fingerprint density at radius 3 is 2.85 bits per heavy atom. The summed E-state index contributed by atoms with van der Waals surface area (Å²) in [7, 11) is 0. The monoisotopic (exact) mass is 298 g/mol. The number of carbonyl (C=O) groups is 1. The van der Waals surface area contributed by atoms with Crippen molar-refractivity contribution in [2.45, 2.75) is 39.7 Å². The zero-order valence-corrected chi connectivity index (χ0v) is 12.3. The first-order chi connectivity index (χ1) is 9.51. The van der Waals surface area contributed by atoms with E-state index in [4.69, 9.17) is 12.2 Å². The van der Waals surface area contributed by atoms with Crippen LogP contribution in [0.15, 0.2) is 9.90 Å². The van der Waals surface area contributed by atoms with Crippen molar-refractivity contribution >= 4 is 24.3 Å². The number of hydrogen-bond donors (Lipinski definition) is 3. The maximum absolute atomic E-state index is 11.7. The molecule has 110 valence electrons. The number of hydrazone groups is 1. The van der Waals surface area contributed by atoms with E-state index in [2.05, 4.69) is 15.5 Å². The largest absolute Gasteiger partial charge is 0.494 e. The van der Waals surface area contributed by atoms with E-state index in [0.29, 0.717) is 13.0 Å². The molecule has 20 heavy (non-hydrogen) atoms. The van der Waals surface area contributed by atoms with Crippen LogP contribution in [0.2, 0.25) is 0 Å². The maximum Gasteiger partial charge on any atom is 0.264 e. The highest BCUT2D eigenvalue weighted by Gasteiger charge is 2.09. The van der Waals surface area contributed by atoms with Gasteiger partial charge in [0, 0.05) is 13.0 Å². The molecule has 1 amide bonds. The van der Waals surface area contributed by atoms with Crippen LogP contribution >= 0.6 is 12.2 Å². The standard InChI is InChI=1S/C12H18N4O3S/c1-3-5-6-9(17)15-13-7-8-10(18)14-12(20)16(4-2)11(8)19/h7,19H,3-6H2,1-2H3,(H,15,17)(H,14,18,20)/b13-7-. The van der Waals surface area contributed by atoms with Crippen LogP contribution < -0.4 is 11.0 Å². The predicted molar refractivity (Wildman–Crippen MR) is 78.5 cm³/mol. The summed E-state index contributed by atoms with van der Waals surface area (Å²) >= 11 is 4.92. The molecule has 7 nitrogen and oxygen atoms in total. The Bertz CT molecular complexity index is 618. The van der Waals surface area contributed by atoms with E-state index in [1.54, 1.807) is 6.92 Å². The second-order valence-corrected chi connectivity index (χ2v) is 4.52. The highest BCUT2D eigenvalue weighted by molar-refractivity contribution is 7.71. The lowest BCUT2D eigenvalue weighted by Crippen LogP contribution is -2.21. The highest BCUT2D eigenvalue weighted by atomic mass is 32.1. The molecule has 0 aliphatic heterocycles. The van der Waals surface area contributed by atoms with Gasteiger partial charge in [-0.25, -0.2) is 5.43 Å². The Morgan fingerprint density at radius 2 is 2.25 bits per heavy atom. The van der Waals surface area contributed by atoms with Gasteiger partial charge in [-0.3, -0.25) is 19.1 Å². The molecule has 0 unspecified atom stereocenters. The molecule has 3 N–H and O–H groups in total. The second-order valence-electron chi connectivity index (χ2n) is 4.14. The lowest BCUT2D eigenvalue weighted by molar-refractivity contribution is -0.121. The van der Waals surface area contributed by atoms with E-state index in [1.165, 1.54) is 4.57 Å². The zero-order chi connectivity index (χ0) is 15.1. The van der Waals surface area contributed by atoms with E-state index in [9.17, 15) is 14.7 Å². The molecule has 0 saturated carbocycles. The van der Waals surface area contributed by atoms with Crippen molar-refractivity contribution in [3.8, 4) is 5.88 Å². The number of H-pyrrole nitrogens is 1. The van der Waals surface area contributed by atoms with Gasteiger partial charge >= 0.3 is 0 Å². The third-order valence-corrected chi connectivity index (χ3v) is 2.99. The molecule has 0 aliphatic rings.